The summed E-state index contributed by atoms with van der Waals surface area (Å²) in [6.07, 6.45) is 1.07. The Hall–Kier alpha value is -2.64. The molecule has 160 valence electrons. The van der Waals surface area contributed by atoms with Gasteiger partial charge in [-0.05, 0) is 55.2 Å². The average molecular weight is 434 g/mol. The summed E-state index contributed by atoms with van der Waals surface area (Å²) in [4.78, 5) is 7.49. The number of nitrogens with zero attached hydrogens (tertiary/aromatic N) is 4. The van der Waals surface area contributed by atoms with Gasteiger partial charge < -0.3 is 10.1 Å². The zero-order valence-corrected chi connectivity index (χ0v) is 18.8. The molecule has 1 N–H and O–H groups in total. The Balaban J connectivity index is 1.38. The van der Waals surface area contributed by atoms with Gasteiger partial charge in [0.2, 0.25) is 5.88 Å². The van der Waals surface area contributed by atoms with Crippen molar-refractivity contribution in [2.75, 3.05) is 30.0 Å². The number of pyridine rings is 1. The second-order valence-corrected chi connectivity index (χ2v) is 9.11. The van der Waals surface area contributed by atoms with Crippen molar-refractivity contribution in [2.24, 2.45) is 0 Å². The summed E-state index contributed by atoms with van der Waals surface area (Å²) >= 11 is 2.05. The molecule has 1 fully saturated rings. The van der Waals surface area contributed by atoms with Crippen LogP contribution in [0.25, 0.3) is 11.4 Å². The Morgan fingerprint density at radius 1 is 1.13 bits per heavy atom. The predicted octanol–water partition coefficient (Wildman–Crippen LogP) is 4.46. The molecule has 0 unspecified atom stereocenters. The van der Waals surface area contributed by atoms with E-state index in [2.05, 4.69) is 44.7 Å². The van der Waals surface area contributed by atoms with Gasteiger partial charge in [0.15, 0.2) is 0 Å². The maximum atomic E-state index is 5.40. The third-order valence-corrected chi connectivity index (χ3v) is 7.21. The normalized spacial score (nSPS) is 16.5. The van der Waals surface area contributed by atoms with E-state index in [9.17, 15) is 0 Å². The number of hydrogen-bond acceptors (Lipinski definition) is 7. The highest BCUT2D eigenvalue weighted by atomic mass is 32.2. The van der Waals surface area contributed by atoms with Crippen LogP contribution in [0.5, 0.6) is 5.88 Å². The summed E-state index contributed by atoms with van der Waals surface area (Å²) < 4.78 is 5.40. The lowest BCUT2D eigenvalue weighted by Crippen LogP contribution is -2.46. The molecule has 0 atom stereocenters. The first kappa shape index (κ1) is 20.3. The van der Waals surface area contributed by atoms with E-state index in [1.807, 2.05) is 43.8 Å². The Labute approximate surface area is 187 Å². The predicted molar refractivity (Wildman–Crippen MR) is 126 cm³/mol. The minimum atomic E-state index is 0.531. The van der Waals surface area contributed by atoms with Crippen LogP contribution in [0.1, 0.15) is 23.6 Å². The van der Waals surface area contributed by atoms with Crippen molar-refractivity contribution in [1.82, 2.24) is 20.1 Å². The number of hydrogen-bond donors (Lipinski definition) is 1. The summed E-state index contributed by atoms with van der Waals surface area (Å²) in [5.41, 5.74) is 6.63. The second-order valence-electron chi connectivity index (χ2n) is 8.03. The van der Waals surface area contributed by atoms with Crippen LogP contribution in [-0.4, -0.2) is 50.8 Å². The molecule has 0 bridgehead atoms. The van der Waals surface area contributed by atoms with Crippen LogP contribution < -0.4 is 10.1 Å². The molecule has 0 aliphatic carbocycles. The SMILES string of the molecule is CCOc1ccc(-c2nc(Nc3cccc4c3CCN(C3CSC3)C4)ccc2C)nn1. The molecular formula is C24H27N5OS. The molecule has 2 aliphatic rings. The quantitative estimate of drug-likeness (QED) is 0.616. The van der Waals surface area contributed by atoms with Gasteiger partial charge in [-0.15, -0.1) is 10.2 Å². The van der Waals surface area contributed by atoms with Crippen LogP contribution in [0.3, 0.4) is 0 Å². The fourth-order valence-corrected chi connectivity index (χ4v) is 5.03. The lowest BCUT2D eigenvalue weighted by atomic mass is 9.96. The first-order chi connectivity index (χ1) is 15.2. The van der Waals surface area contributed by atoms with Gasteiger partial charge in [0.05, 0.1) is 12.3 Å². The van der Waals surface area contributed by atoms with Crippen LogP contribution in [-0.2, 0) is 13.0 Å². The van der Waals surface area contributed by atoms with Gasteiger partial charge in [0.25, 0.3) is 0 Å². The van der Waals surface area contributed by atoms with Crippen LogP contribution >= 0.6 is 11.8 Å². The van der Waals surface area contributed by atoms with Crippen LogP contribution in [0.15, 0.2) is 42.5 Å². The maximum Gasteiger partial charge on any atom is 0.233 e. The van der Waals surface area contributed by atoms with E-state index in [1.165, 1.54) is 22.6 Å². The smallest absolute Gasteiger partial charge is 0.233 e. The summed E-state index contributed by atoms with van der Waals surface area (Å²) in [7, 11) is 0. The number of aromatic nitrogens is 3. The number of benzene rings is 1. The average Bonchev–Trinajstić information content (AvgIpc) is 2.75. The molecule has 5 rings (SSSR count). The number of aryl methyl sites for hydroxylation is 1. The Kier molecular flexibility index (Phi) is 5.78. The number of thioether (sulfide) groups is 1. The maximum absolute atomic E-state index is 5.40. The molecule has 2 aliphatic heterocycles. The van der Waals surface area contributed by atoms with E-state index in [-0.39, 0.29) is 0 Å². The first-order valence-corrected chi connectivity index (χ1v) is 12.0. The summed E-state index contributed by atoms with van der Waals surface area (Å²) in [6, 6.07) is 15.2. The molecule has 3 aromatic rings. The zero-order valence-electron chi connectivity index (χ0n) is 18.0. The third kappa shape index (κ3) is 4.25. The van der Waals surface area contributed by atoms with Crippen LogP contribution in [0.2, 0.25) is 0 Å². The van der Waals surface area contributed by atoms with Crippen molar-refractivity contribution in [3.63, 3.8) is 0 Å². The number of fused-ring (bicyclic) bond motifs is 1. The lowest BCUT2D eigenvalue weighted by molar-refractivity contribution is 0.202. The second kappa shape index (κ2) is 8.85. The fourth-order valence-electron chi connectivity index (χ4n) is 4.16. The van der Waals surface area contributed by atoms with E-state index >= 15 is 0 Å². The molecule has 0 radical (unpaired) electrons. The largest absolute Gasteiger partial charge is 0.477 e. The van der Waals surface area contributed by atoms with Crippen molar-refractivity contribution in [3.05, 3.63) is 59.2 Å². The first-order valence-electron chi connectivity index (χ1n) is 10.9. The molecule has 1 saturated heterocycles. The Morgan fingerprint density at radius 2 is 2.03 bits per heavy atom. The van der Waals surface area contributed by atoms with Crippen molar-refractivity contribution < 1.29 is 4.74 Å². The molecule has 0 spiro atoms. The summed E-state index contributed by atoms with van der Waals surface area (Å²) in [5.74, 6) is 3.90. The number of nitrogens with one attached hydrogen (secondary N) is 1. The molecule has 0 saturated carbocycles. The van der Waals surface area contributed by atoms with Crippen molar-refractivity contribution in [3.8, 4) is 17.3 Å². The summed E-state index contributed by atoms with van der Waals surface area (Å²) in [6.45, 7) is 6.73. The minimum Gasteiger partial charge on any atom is -0.477 e. The number of ether oxygens (including phenoxy) is 1. The molecule has 31 heavy (non-hydrogen) atoms. The molecule has 4 heterocycles. The zero-order chi connectivity index (χ0) is 21.2. The van der Waals surface area contributed by atoms with Gasteiger partial charge in [-0.25, -0.2) is 4.98 Å². The van der Waals surface area contributed by atoms with E-state index in [4.69, 9.17) is 9.72 Å². The molecule has 1 aromatic carbocycles. The van der Waals surface area contributed by atoms with E-state index in [0.717, 1.165) is 54.0 Å². The number of rotatable bonds is 6. The van der Waals surface area contributed by atoms with Gasteiger partial charge in [-0.3, -0.25) is 4.90 Å². The van der Waals surface area contributed by atoms with Gasteiger partial charge in [0.1, 0.15) is 11.5 Å². The Bertz CT molecular complexity index is 1070. The highest BCUT2D eigenvalue weighted by Crippen LogP contribution is 2.33. The van der Waals surface area contributed by atoms with E-state index in [0.29, 0.717) is 12.5 Å². The number of anilines is 2. The van der Waals surface area contributed by atoms with E-state index < -0.39 is 0 Å². The molecular weight excluding hydrogens is 406 g/mol. The van der Waals surface area contributed by atoms with E-state index in [1.54, 1.807) is 0 Å². The lowest BCUT2D eigenvalue weighted by Gasteiger charge is -2.40. The van der Waals surface area contributed by atoms with Gasteiger partial charge >= 0.3 is 0 Å². The van der Waals surface area contributed by atoms with Crippen LogP contribution in [0.4, 0.5) is 11.5 Å². The molecule has 7 heteroatoms. The molecule has 0 amide bonds. The monoisotopic (exact) mass is 433 g/mol. The highest BCUT2D eigenvalue weighted by Gasteiger charge is 2.29. The molecule has 6 nitrogen and oxygen atoms in total. The van der Waals surface area contributed by atoms with Gasteiger partial charge in [0, 0.05) is 42.4 Å². The standard InChI is InChI=1S/C24H27N5OS/c1-3-30-23-10-8-21(27-28-23)24-16(2)7-9-22(26-24)25-20-6-4-5-17-13-29(12-11-19(17)20)18-14-31-15-18/h4-10,18H,3,11-15H2,1-2H3,(H,25,26). The summed E-state index contributed by atoms with van der Waals surface area (Å²) in [5, 5.41) is 12.0. The minimum absolute atomic E-state index is 0.531. The van der Waals surface area contributed by atoms with Crippen molar-refractivity contribution in [1.29, 1.82) is 0 Å². The Morgan fingerprint density at radius 3 is 2.77 bits per heavy atom. The topological polar surface area (TPSA) is 63.2 Å². The van der Waals surface area contributed by atoms with Gasteiger partial charge in [-0.1, -0.05) is 18.2 Å². The van der Waals surface area contributed by atoms with Gasteiger partial charge in [-0.2, -0.15) is 11.8 Å². The van der Waals surface area contributed by atoms with Crippen LogP contribution in [0, 0.1) is 6.92 Å². The van der Waals surface area contributed by atoms with Crippen molar-refractivity contribution in [2.45, 2.75) is 32.9 Å². The third-order valence-electron chi connectivity index (χ3n) is 5.97. The van der Waals surface area contributed by atoms with Crippen molar-refractivity contribution >= 4 is 23.3 Å². The fraction of sp³-hybridized carbons (Fsp3) is 0.375. The molecule has 2 aromatic heterocycles. The highest BCUT2D eigenvalue weighted by molar-refractivity contribution is 8.00.